The number of rotatable bonds is 5. The topological polar surface area (TPSA) is 41.1 Å². The van der Waals surface area contributed by atoms with Crippen LogP contribution in [0.15, 0.2) is 0 Å². The van der Waals surface area contributed by atoms with E-state index in [2.05, 4.69) is 17.6 Å². The quantitative estimate of drug-likeness (QED) is 0.699. The van der Waals surface area contributed by atoms with E-state index in [0.29, 0.717) is 11.8 Å². The molecule has 3 heteroatoms. The summed E-state index contributed by atoms with van der Waals surface area (Å²) in [5, 5.41) is 6.00. The zero-order valence-corrected chi connectivity index (χ0v) is 9.36. The highest BCUT2D eigenvalue weighted by Gasteiger charge is 2.28. The van der Waals surface area contributed by atoms with Gasteiger partial charge in [-0.05, 0) is 25.3 Å². The Kier molecular flexibility index (Phi) is 4.39. The molecule has 0 aromatic carbocycles. The molecule has 1 saturated carbocycles. The summed E-state index contributed by atoms with van der Waals surface area (Å²) >= 11 is 0. The van der Waals surface area contributed by atoms with Crippen LogP contribution in [0.4, 0.5) is 0 Å². The van der Waals surface area contributed by atoms with E-state index in [-0.39, 0.29) is 5.91 Å². The maximum atomic E-state index is 11.3. The summed E-state index contributed by atoms with van der Waals surface area (Å²) in [6.07, 6.45) is 5.76. The molecule has 1 aliphatic rings. The lowest BCUT2D eigenvalue weighted by atomic mass is 9.89. The van der Waals surface area contributed by atoms with E-state index in [1.807, 2.05) is 7.05 Å². The number of carbonyl (C=O) groups is 1. The van der Waals surface area contributed by atoms with Gasteiger partial charge < -0.3 is 10.6 Å². The fourth-order valence-electron chi connectivity index (χ4n) is 2.04. The first kappa shape index (κ1) is 11.5. The molecule has 2 N–H and O–H groups in total. The second-order valence-corrected chi connectivity index (χ2v) is 4.65. The van der Waals surface area contributed by atoms with Crippen LogP contribution < -0.4 is 10.6 Å². The lowest BCUT2D eigenvalue weighted by Crippen LogP contribution is -2.35. The van der Waals surface area contributed by atoms with Crippen LogP contribution in [0.25, 0.3) is 0 Å². The third-order valence-electron chi connectivity index (χ3n) is 3.13. The minimum Gasteiger partial charge on any atom is -0.356 e. The van der Waals surface area contributed by atoms with Crippen molar-refractivity contribution in [3.05, 3.63) is 0 Å². The van der Waals surface area contributed by atoms with Crippen LogP contribution >= 0.6 is 0 Å². The van der Waals surface area contributed by atoms with Crippen LogP contribution in [-0.4, -0.2) is 26.0 Å². The van der Waals surface area contributed by atoms with Gasteiger partial charge in [-0.1, -0.05) is 19.8 Å². The van der Waals surface area contributed by atoms with Gasteiger partial charge in [0, 0.05) is 19.5 Å². The first-order valence-corrected chi connectivity index (χ1v) is 5.58. The summed E-state index contributed by atoms with van der Waals surface area (Å²) in [7, 11) is 1.87. The highest BCUT2D eigenvalue weighted by Crippen LogP contribution is 2.36. The maximum Gasteiger partial charge on any atom is 0.221 e. The molecule has 0 unspecified atom stereocenters. The van der Waals surface area contributed by atoms with Crippen LogP contribution in [0.5, 0.6) is 0 Å². The molecule has 0 atom stereocenters. The first-order chi connectivity index (χ1) is 6.66. The van der Waals surface area contributed by atoms with Gasteiger partial charge in [-0.3, -0.25) is 4.79 Å². The van der Waals surface area contributed by atoms with Crippen molar-refractivity contribution < 1.29 is 4.79 Å². The third kappa shape index (κ3) is 3.66. The fourth-order valence-corrected chi connectivity index (χ4v) is 2.04. The fraction of sp³-hybridized carbons (Fsp3) is 0.909. The second kappa shape index (κ2) is 5.35. The van der Waals surface area contributed by atoms with Crippen molar-refractivity contribution >= 4 is 5.91 Å². The molecule has 0 bridgehead atoms. The van der Waals surface area contributed by atoms with E-state index in [1.54, 1.807) is 0 Å². The van der Waals surface area contributed by atoms with E-state index in [0.717, 1.165) is 13.1 Å². The lowest BCUT2D eigenvalue weighted by molar-refractivity contribution is -0.121. The van der Waals surface area contributed by atoms with Crippen molar-refractivity contribution in [2.75, 3.05) is 20.1 Å². The lowest BCUT2D eigenvalue weighted by Gasteiger charge is -2.23. The first-order valence-electron chi connectivity index (χ1n) is 5.58. The molecule has 1 amide bonds. The molecule has 1 aliphatic carbocycles. The van der Waals surface area contributed by atoms with Gasteiger partial charge in [0.2, 0.25) is 5.91 Å². The summed E-state index contributed by atoms with van der Waals surface area (Å²) in [6.45, 7) is 3.90. The summed E-state index contributed by atoms with van der Waals surface area (Å²) in [5.41, 5.74) is 0.370. The molecule has 0 aromatic heterocycles. The van der Waals surface area contributed by atoms with E-state index >= 15 is 0 Å². The van der Waals surface area contributed by atoms with E-state index < -0.39 is 0 Å². The number of hydrogen-bond acceptors (Lipinski definition) is 2. The van der Waals surface area contributed by atoms with Crippen molar-refractivity contribution in [1.29, 1.82) is 0 Å². The van der Waals surface area contributed by atoms with Gasteiger partial charge in [-0.15, -0.1) is 0 Å². The Morgan fingerprint density at radius 2 is 2.00 bits per heavy atom. The molecule has 3 nitrogen and oxygen atoms in total. The highest BCUT2D eigenvalue weighted by molar-refractivity contribution is 5.76. The molecule has 14 heavy (non-hydrogen) atoms. The molecular weight excluding hydrogens is 176 g/mol. The van der Waals surface area contributed by atoms with Gasteiger partial charge in [0.25, 0.3) is 0 Å². The van der Waals surface area contributed by atoms with Crippen LogP contribution in [0.3, 0.4) is 0 Å². The van der Waals surface area contributed by atoms with Crippen LogP contribution in [0.2, 0.25) is 0 Å². The van der Waals surface area contributed by atoms with Gasteiger partial charge in [0.05, 0.1) is 0 Å². The Hall–Kier alpha value is -0.570. The van der Waals surface area contributed by atoms with Crippen molar-refractivity contribution in [3.8, 4) is 0 Å². The minimum absolute atomic E-state index is 0.174. The Balaban J connectivity index is 2.15. The van der Waals surface area contributed by atoms with Gasteiger partial charge in [0.15, 0.2) is 0 Å². The van der Waals surface area contributed by atoms with Gasteiger partial charge in [0.1, 0.15) is 0 Å². The zero-order chi connectivity index (χ0) is 10.4. The van der Waals surface area contributed by atoms with E-state index in [1.165, 1.54) is 25.7 Å². The normalized spacial score (nSPS) is 19.6. The molecule has 0 radical (unpaired) electrons. The number of carbonyl (C=O) groups excluding carboxylic acids is 1. The molecule has 0 aliphatic heterocycles. The Labute approximate surface area is 86.6 Å². The predicted molar refractivity (Wildman–Crippen MR) is 58.1 cm³/mol. The number of nitrogens with one attached hydrogen (secondary N) is 2. The van der Waals surface area contributed by atoms with Crippen molar-refractivity contribution in [1.82, 2.24) is 10.6 Å². The van der Waals surface area contributed by atoms with Crippen LogP contribution in [0, 0.1) is 5.41 Å². The Morgan fingerprint density at radius 1 is 1.36 bits per heavy atom. The van der Waals surface area contributed by atoms with Crippen LogP contribution in [0.1, 0.15) is 39.0 Å². The van der Waals surface area contributed by atoms with Crippen LogP contribution in [-0.2, 0) is 4.79 Å². The van der Waals surface area contributed by atoms with Gasteiger partial charge in [-0.25, -0.2) is 0 Å². The molecule has 0 saturated heterocycles. The molecule has 0 aromatic rings. The largest absolute Gasteiger partial charge is 0.356 e. The van der Waals surface area contributed by atoms with Crippen molar-refractivity contribution in [2.24, 2.45) is 5.41 Å². The van der Waals surface area contributed by atoms with Gasteiger partial charge in [-0.2, -0.15) is 0 Å². The van der Waals surface area contributed by atoms with E-state index in [9.17, 15) is 4.79 Å². The summed E-state index contributed by atoms with van der Waals surface area (Å²) < 4.78 is 0. The molecule has 1 rings (SSSR count). The zero-order valence-electron chi connectivity index (χ0n) is 9.36. The second-order valence-electron chi connectivity index (χ2n) is 4.65. The monoisotopic (exact) mass is 198 g/mol. The predicted octanol–water partition coefficient (Wildman–Crippen LogP) is 1.29. The molecule has 0 heterocycles. The molecule has 1 fully saturated rings. The molecular formula is C11H22N2O. The smallest absolute Gasteiger partial charge is 0.221 e. The van der Waals surface area contributed by atoms with Crippen molar-refractivity contribution in [3.63, 3.8) is 0 Å². The van der Waals surface area contributed by atoms with Crippen molar-refractivity contribution in [2.45, 2.75) is 39.0 Å². The summed E-state index contributed by atoms with van der Waals surface area (Å²) in [4.78, 5) is 11.3. The standard InChI is InChI=1S/C11H22N2O/c1-11(6-3-4-7-11)9-13-10(14)5-8-12-2/h12H,3-9H2,1-2H3,(H,13,14). The maximum absolute atomic E-state index is 11.3. The average molecular weight is 198 g/mol. The molecule has 0 spiro atoms. The number of hydrogen-bond donors (Lipinski definition) is 2. The Morgan fingerprint density at radius 3 is 2.57 bits per heavy atom. The highest BCUT2D eigenvalue weighted by atomic mass is 16.1. The number of amides is 1. The third-order valence-corrected chi connectivity index (χ3v) is 3.13. The van der Waals surface area contributed by atoms with E-state index in [4.69, 9.17) is 0 Å². The summed E-state index contributed by atoms with van der Waals surface area (Å²) in [5.74, 6) is 0.174. The molecule has 82 valence electrons. The minimum atomic E-state index is 0.174. The average Bonchev–Trinajstić information content (AvgIpc) is 2.60. The van der Waals surface area contributed by atoms with Gasteiger partial charge >= 0.3 is 0 Å². The Bertz CT molecular complexity index is 186. The SMILES string of the molecule is CNCCC(=O)NCC1(C)CCCC1. The summed E-state index contributed by atoms with van der Waals surface area (Å²) in [6, 6.07) is 0.